The lowest BCUT2D eigenvalue weighted by Gasteiger charge is -2.22. The molecular formula is C18H13Cl4NO2. The van der Waals surface area contributed by atoms with Crippen LogP contribution in [0, 0.1) is 0 Å². The number of aryl methyl sites for hydroxylation is 1. The molecule has 1 aliphatic rings. The van der Waals surface area contributed by atoms with Crippen molar-refractivity contribution in [2.45, 2.75) is 25.8 Å². The Hall–Kier alpha value is -1.26. The van der Waals surface area contributed by atoms with E-state index in [-0.39, 0.29) is 27.9 Å². The maximum absolute atomic E-state index is 12.6. The third-order valence-electron chi connectivity index (χ3n) is 4.23. The summed E-state index contributed by atoms with van der Waals surface area (Å²) in [6, 6.07) is 8.02. The van der Waals surface area contributed by atoms with Gasteiger partial charge in [-0.3, -0.25) is 14.5 Å². The Kier molecular flexibility index (Phi) is 5.31. The molecule has 0 unspecified atom stereocenters. The third kappa shape index (κ3) is 3.52. The van der Waals surface area contributed by atoms with Gasteiger partial charge in [0.2, 0.25) is 0 Å². The van der Waals surface area contributed by atoms with Crippen LogP contribution in [0.25, 0.3) is 0 Å². The summed E-state index contributed by atoms with van der Waals surface area (Å²) in [5.41, 5.74) is 1.57. The normalized spacial score (nSPS) is 14.8. The largest absolute Gasteiger partial charge is 0.271 e. The minimum absolute atomic E-state index is 0.256. The number of rotatable bonds is 4. The molecule has 0 aromatic heterocycles. The van der Waals surface area contributed by atoms with Crippen molar-refractivity contribution in [3.8, 4) is 0 Å². The van der Waals surface area contributed by atoms with E-state index >= 15 is 0 Å². The molecule has 0 saturated heterocycles. The van der Waals surface area contributed by atoms with Gasteiger partial charge in [0.1, 0.15) is 0 Å². The Labute approximate surface area is 165 Å². The molecule has 0 spiro atoms. The summed E-state index contributed by atoms with van der Waals surface area (Å²) in [6.45, 7) is 1.84. The van der Waals surface area contributed by atoms with Crippen LogP contribution < -0.4 is 0 Å². The number of halogens is 4. The second-order valence-corrected chi connectivity index (χ2v) is 7.56. The molecule has 130 valence electrons. The second-order valence-electron chi connectivity index (χ2n) is 5.93. The second kappa shape index (κ2) is 7.16. The Morgan fingerprint density at radius 1 is 0.840 bits per heavy atom. The predicted molar refractivity (Wildman–Crippen MR) is 101 cm³/mol. The molecule has 0 aliphatic carbocycles. The van der Waals surface area contributed by atoms with Crippen molar-refractivity contribution in [2.75, 3.05) is 0 Å². The van der Waals surface area contributed by atoms with Crippen LogP contribution >= 0.6 is 46.4 Å². The summed E-state index contributed by atoms with van der Waals surface area (Å²) in [5, 5.41) is 1.49. The fourth-order valence-corrected chi connectivity index (χ4v) is 3.50. The molecule has 2 amide bonds. The first kappa shape index (κ1) is 18.5. The Morgan fingerprint density at radius 2 is 1.36 bits per heavy atom. The van der Waals surface area contributed by atoms with Gasteiger partial charge in [-0.1, -0.05) is 52.5 Å². The zero-order chi connectivity index (χ0) is 18.3. The average Bonchev–Trinajstić information content (AvgIpc) is 2.80. The van der Waals surface area contributed by atoms with Crippen LogP contribution in [-0.4, -0.2) is 22.8 Å². The van der Waals surface area contributed by atoms with E-state index in [1.165, 1.54) is 17.0 Å². The van der Waals surface area contributed by atoms with E-state index in [9.17, 15) is 9.59 Å². The molecule has 0 fully saturated rings. The van der Waals surface area contributed by atoms with Gasteiger partial charge in [-0.15, -0.1) is 0 Å². The van der Waals surface area contributed by atoms with Crippen LogP contribution in [0.1, 0.15) is 39.6 Å². The topological polar surface area (TPSA) is 37.4 Å². The van der Waals surface area contributed by atoms with Crippen LogP contribution in [0.2, 0.25) is 20.1 Å². The van der Waals surface area contributed by atoms with Crippen molar-refractivity contribution in [3.05, 3.63) is 67.1 Å². The fraction of sp³-hybridized carbons (Fsp3) is 0.222. The summed E-state index contributed by atoms with van der Waals surface area (Å²) in [7, 11) is 0. The van der Waals surface area contributed by atoms with Crippen molar-refractivity contribution in [2.24, 2.45) is 0 Å². The highest BCUT2D eigenvalue weighted by molar-refractivity contribution is 6.43. The number of nitrogens with zero attached hydrogens (tertiary/aromatic N) is 1. The standard InChI is InChI=1S/C18H13Cl4NO2/c1-9(2-3-10-4-5-13(19)14(20)6-10)23-17(24)11-7-15(21)16(22)8-12(11)18(23)25/h4-9H,2-3H2,1H3/t9-/m1/s1. The zero-order valence-electron chi connectivity index (χ0n) is 13.2. The maximum Gasteiger partial charge on any atom is 0.261 e. The van der Waals surface area contributed by atoms with Gasteiger partial charge in [-0.2, -0.15) is 0 Å². The molecular weight excluding hydrogens is 404 g/mol. The van der Waals surface area contributed by atoms with E-state index in [2.05, 4.69) is 0 Å². The molecule has 3 nitrogen and oxygen atoms in total. The van der Waals surface area contributed by atoms with E-state index in [0.29, 0.717) is 34.0 Å². The molecule has 1 atom stereocenters. The lowest BCUT2D eigenvalue weighted by atomic mass is 10.1. The van der Waals surface area contributed by atoms with Gasteiger partial charge < -0.3 is 0 Å². The average molecular weight is 417 g/mol. The Balaban J connectivity index is 1.76. The monoisotopic (exact) mass is 415 g/mol. The molecule has 2 aromatic rings. The fourth-order valence-electron chi connectivity index (χ4n) is 2.85. The minimum atomic E-state index is -0.347. The Bertz CT molecular complexity index is 841. The molecule has 1 aliphatic heterocycles. The predicted octanol–water partition coefficient (Wildman–Crippen LogP) is 5.92. The number of fused-ring (bicyclic) bond motifs is 1. The first-order valence-electron chi connectivity index (χ1n) is 7.60. The lowest BCUT2D eigenvalue weighted by Crippen LogP contribution is -2.38. The number of hydrogen-bond donors (Lipinski definition) is 0. The lowest BCUT2D eigenvalue weighted by molar-refractivity contribution is 0.0590. The number of hydrogen-bond acceptors (Lipinski definition) is 2. The van der Waals surface area contributed by atoms with Crippen LogP contribution in [0.5, 0.6) is 0 Å². The van der Waals surface area contributed by atoms with Gasteiger partial charge in [0.05, 0.1) is 31.2 Å². The van der Waals surface area contributed by atoms with Crippen LogP contribution in [0.3, 0.4) is 0 Å². The SMILES string of the molecule is C[C@H](CCc1ccc(Cl)c(Cl)c1)N1C(=O)c2cc(Cl)c(Cl)cc2C1=O. The van der Waals surface area contributed by atoms with Gasteiger partial charge in [0.25, 0.3) is 11.8 Å². The van der Waals surface area contributed by atoms with Crippen molar-refractivity contribution in [1.82, 2.24) is 4.90 Å². The number of carbonyl (C=O) groups excluding carboxylic acids is 2. The molecule has 0 saturated carbocycles. The quantitative estimate of drug-likeness (QED) is 0.580. The number of carbonyl (C=O) groups is 2. The molecule has 0 radical (unpaired) electrons. The first-order chi connectivity index (χ1) is 11.8. The van der Waals surface area contributed by atoms with E-state index < -0.39 is 0 Å². The molecule has 3 rings (SSSR count). The maximum atomic E-state index is 12.6. The van der Waals surface area contributed by atoms with Gasteiger partial charge in [-0.25, -0.2) is 0 Å². The van der Waals surface area contributed by atoms with Crippen LogP contribution in [0.4, 0.5) is 0 Å². The summed E-state index contributed by atoms with van der Waals surface area (Å²) in [6.07, 6.45) is 1.26. The van der Waals surface area contributed by atoms with Gasteiger partial charge in [-0.05, 0) is 49.6 Å². The van der Waals surface area contributed by atoms with Crippen LogP contribution in [-0.2, 0) is 6.42 Å². The zero-order valence-corrected chi connectivity index (χ0v) is 16.2. The minimum Gasteiger partial charge on any atom is -0.271 e. The number of benzene rings is 2. The van der Waals surface area contributed by atoms with Gasteiger partial charge in [0, 0.05) is 6.04 Å². The van der Waals surface area contributed by atoms with E-state index in [4.69, 9.17) is 46.4 Å². The van der Waals surface area contributed by atoms with Crippen molar-refractivity contribution in [1.29, 1.82) is 0 Å². The van der Waals surface area contributed by atoms with Gasteiger partial charge >= 0.3 is 0 Å². The molecule has 1 heterocycles. The molecule has 7 heteroatoms. The first-order valence-corrected chi connectivity index (χ1v) is 9.11. The highest BCUT2D eigenvalue weighted by Gasteiger charge is 2.38. The smallest absolute Gasteiger partial charge is 0.261 e. The van der Waals surface area contributed by atoms with E-state index in [1.807, 2.05) is 13.0 Å². The van der Waals surface area contributed by atoms with Crippen molar-refractivity contribution >= 4 is 58.2 Å². The van der Waals surface area contributed by atoms with Crippen molar-refractivity contribution in [3.63, 3.8) is 0 Å². The van der Waals surface area contributed by atoms with Crippen LogP contribution in [0.15, 0.2) is 30.3 Å². The summed E-state index contributed by atoms with van der Waals surface area (Å²) in [4.78, 5) is 26.4. The summed E-state index contributed by atoms with van der Waals surface area (Å²) in [5.74, 6) is -0.694. The van der Waals surface area contributed by atoms with E-state index in [1.54, 1.807) is 12.1 Å². The molecule has 2 aromatic carbocycles. The van der Waals surface area contributed by atoms with Gasteiger partial charge in [0.15, 0.2) is 0 Å². The van der Waals surface area contributed by atoms with E-state index in [0.717, 1.165) is 5.56 Å². The highest BCUT2D eigenvalue weighted by Crippen LogP contribution is 2.33. The Morgan fingerprint density at radius 3 is 1.88 bits per heavy atom. The molecule has 0 N–H and O–H groups in total. The number of amides is 2. The number of imide groups is 1. The van der Waals surface area contributed by atoms with Crippen molar-refractivity contribution < 1.29 is 9.59 Å². The molecule has 25 heavy (non-hydrogen) atoms. The summed E-state index contributed by atoms with van der Waals surface area (Å²) < 4.78 is 0. The highest BCUT2D eigenvalue weighted by atomic mass is 35.5. The molecule has 0 bridgehead atoms. The third-order valence-corrected chi connectivity index (χ3v) is 5.70. The summed E-state index contributed by atoms with van der Waals surface area (Å²) >= 11 is 23.9.